The van der Waals surface area contributed by atoms with Gasteiger partial charge in [-0.3, -0.25) is 15.4 Å². The van der Waals surface area contributed by atoms with Crippen LogP contribution in [0.15, 0.2) is 72.1 Å². The molecule has 3 atom stereocenters. The molecule has 0 aliphatic rings. The Hall–Kier alpha value is -2.96. The van der Waals surface area contributed by atoms with Crippen LogP contribution in [-0.2, 0) is 4.79 Å². The third kappa shape index (κ3) is 5.34. The van der Waals surface area contributed by atoms with Gasteiger partial charge in [0.1, 0.15) is 6.04 Å². The zero-order valence-corrected chi connectivity index (χ0v) is 18.0. The maximum atomic E-state index is 12.8. The van der Waals surface area contributed by atoms with Crippen molar-refractivity contribution < 1.29 is 9.59 Å². The number of carbonyl (C=O) groups excluding carboxylic acids is 2. The van der Waals surface area contributed by atoms with Gasteiger partial charge in [0.05, 0.1) is 6.04 Å². The Balaban J connectivity index is 1.96. The molecule has 5 nitrogen and oxygen atoms in total. The zero-order chi connectivity index (χ0) is 21.5. The fraction of sp³-hybridized carbons (Fsp3) is 0.250. The van der Waals surface area contributed by atoms with Crippen LogP contribution < -0.4 is 16.4 Å². The van der Waals surface area contributed by atoms with Crippen LogP contribution in [0, 0.1) is 0 Å². The van der Waals surface area contributed by atoms with E-state index in [-0.39, 0.29) is 6.04 Å². The molecule has 0 saturated heterocycles. The molecule has 0 radical (unpaired) electrons. The standard InChI is InChI=1S/C24H27N3O2S/c1-3-16(2)17-11-13-19(14-12-17)21(20-10-7-15-30-20)26-22(23(28)27-24(25)29)18-8-5-4-6-9-18/h4-16,21-22,26H,3H2,1-2H3,(H3,25,27,28,29)/t16-,21+,22-/m0/s1. The predicted octanol–water partition coefficient (Wildman–Crippen LogP) is 4.88. The van der Waals surface area contributed by atoms with Gasteiger partial charge in [-0.1, -0.05) is 74.5 Å². The Labute approximate surface area is 181 Å². The first-order chi connectivity index (χ1) is 14.5. The van der Waals surface area contributed by atoms with E-state index in [0.29, 0.717) is 5.92 Å². The van der Waals surface area contributed by atoms with Gasteiger partial charge in [-0.25, -0.2) is 4.79 Å². The van der Waals surface area contributed by atoms with E-state index in [1.807, 2.05) is 47.8 Å². The minimum atomic E-state index is -0.867. The number of imide groups is 1. The predicted molar refractivity (Wildman–Crippen MR) is 121 cm³/mol. The molecule has 1 heterocycles. The van der Waals surface area contributed by atoms with Crippen molar-refractivity contribution in [1.29, 1.82) is 0 Å². The lowest BCUT2D eigenvalue weighted by atomic mass is 9.95. The third-order valence-electron chi connectivity index (χ3n) is 5.25. The highest BCUT2D eigenvalue weighted by atomic mass is 32.1. The number of urea groups is 1. The molecule has 156 valence electrons. The number of rotatable bonds is 8. The molecular formula is C24H27N3O2S. The second-order valence-corrected chi connectivity index (χ2v) is 8.27. The van der Waals surface area contributed by atoms with Gasteiger partial charge in [-0.15, -0.1) is 11.3 Å². The number of hydrogen-bond donors (Lipinski definition) is 3. The molecule has 0 saturated carbocycles. The van der Waals surface area contributed by atoms with Gasteiger partial charge in [-0.05, 0) is 40.5 Å². The van der Waals surface area contributed by atoms with Crippen molar-refractivity contribution >= 4 is 23.3 Å². The Morgan fingerprint density at radius 3 is 2.17 bits per heavy atom. The maximum absolute atomic E-state index is 12.8. The number of benzene rings is 2. The van der Waals surface area contributed by atoms with Gasteiger partial charge in [0.25, 0.3) is 0 Å². The molecule has 0 unspecified atom stereocenters. The molecule has 2 aromatic carbocycles. The monoisotopic (exact) mass is 421 g/mol. The first-order valence-corrected chi connectivity index (χ1v) is 10.9. The number of thiophene rings is 1. The van der Waals surface area contributed by atoms with E-state index in [9.17, 15) is 9.59 Å². The minimum absolute atomic E-state index is 0.209. The molecule has 6 heteroatoms. The van der Waals surface area contributed by atoms with Gasteiger partial charge in [-0.2, -0.15) is 0 Å². The summed E-state index contributed by atoms with van der Waals surface area (Å²) in [4.78, 5) is 25.2. The summed E-state index contributed by atoms with van der Waals surface area (Å²) >= 11 is 1.62. The summed E-state index contributed by atoms with van der Waals surface area (Å²) < 4.78 is 0. The fourth-order valence-electron chi connectivity index (χ4n) is 3.38. The summed E-state index contributed by atoms with van der Waals surface area (Å²) in [7, 11) is 0. The van der Waals surface area contributed by atoms with Crippen LogP contribution in [0.1, 0.15) is 59.8 Å². The molecule has 0 spiro atoms. The van der Waals surface area contributed by atoms with Crippen LogP contribution in [0.4, 0.5) is 4.79 Å². The third-order valence-corrected chi connectivity index (χ3v) is 6.19. The van der Waals surface area contributed by atoms with Crippen LogP contribution in [0.25, 0.3) is 0 Å². The molecule has 4 N–H and O–H groups in total. The maximum Gasteiger partial charge on any atom is 0.318 e. The van der Waals surface area contributed by atoms with Crippen molar-refractivity contribution in [2.75, 3.05) is 0 Å². The number of amides is 3. The van der Waals surface area contributed by atoms with Gasteiger partial charge >= 0.3 is 6.03 Å². The largest absolute Gasteiger partial charge is 0.351 e. The van der Waals surface area contributed by atoms with E-state index in [4.69, 9.17) is 5.73 Å². The van der Waals surface area contributed by atoms with Crippen LogP contribution in [0.5, 0.6) is 0 Å². The summed E-state index contributed by atoms with van der Waals surface area (Å²) in [6.07, 6.45) is 1.08. The normalized spacial score (nSPS) is 13.9. The minimum Gasteiger partial charge on any atom is -0.351 e. The Bertz CT molecular complexity index is 956. The molecule has 3 aromatic rings. The molecular weight excluding hydrogens is 394 g/mol. The summed E-state index contributed by atoms with van der Waals surface area (Å²) in [5.74, 6) is 0.0112. The first-order valence-electron chi connectivity index (χ1n) is 10.0. The van der Waals surface area contributed by atoms with E-state index in [1.54, 1.807) is 11.3 Å². The molecule has 1 aromatic heterocycles. The quantitative estimate of drug-likeness (QED) is 0.485. The molecule has 0 fully saturated rings. The van der Waals surface area contributed by atoms with Gasteiger partial charge in [0.2, 0.25) is 5.91 Å². The lowest BCUT2D eigenvalue weighted by Gasteiger charge is -2.25. The average Bonchev–Trinajstić information content (AvgIpc) is 3.28. The average molecular weight is 422 g/mol. The Morgan fingerprint density at radius 2 is 1.60 bits per heavy atom. The number of hydrogen-bond acceptors (Lipinski definition) is 4. The van der Waals surface area contributed by atoms with Gasteiger partial charge in [0.15, 0.2) is 0 Å². The van der Waals surface area contributed by atoms with Crippen LogP contribution >= 0.6 is 11.3 Å². The van der Waals surface area contributed by atoms with Crippen molar-refractivity contribution in [3.05, 3.63) is 93.7 Å². The fourth-order valence-corrected chi connectivity index (χ4v) is 4.19. The second-order valence-electron chi connectivity index (χ2n) is 7.29. The summed E-state index contributed by atoms with van der Waals surface area (Å²) in [5.41, 5.74) is 8.31. The van der Waals surface area contributed by atoms with E-state index >= 15 is 0 Å². The number of nitrogens with two attached hydrogens (primary N) is 1. The van der Waals surface area contributed by atoms with Crippen molar-refractivity contribution in [1.82, 2.24) is 10.6 Å². The van der Waals surface area contributed by atoms with Crippen molar-refractivity contribution in [3.63, 3.8) is 0 Å². The van der Waals surface area contributed by atoms with Gasteiger partial charge < -0.3 is 5.73 Å². The van der Waals surface area contributed by atoms with Crippen LogP contribution in [0.2, 0.25) is 0 Å². The summed E-state index contributed by atoms with van der Waals surface area (Å²) in [6.45, 7) is 4.39. The highest BCUT2D eigenvalue weighted by Gasteiger charge is 2.27. The second kappa shape index (κ2) is 10.2. The highest BCUT2D eigenvalue weighted by Crippen LogP contribution is 2.30. The molecule has 3 amide bonds. The number of primary amides is 1. The van der Waals surface area contributed by atoms with Crippen molar-refractivity contribution in [2.24, 2.45) is 5.73 Å². The smallest absolute Gasteiger partial charge is 0.318 e. The van der Waals surface area contributed by atoms with Crippen molar-refractivity contribution in [3.8, 4) is 0 Å². The number of nitrogens with one attached hydrogen (secondary N) is 2. The van der Waals surface area contributed by atoms with Crippen LogP contribution in [0.3, 0.4) is 0 Å². The summed E-state index contributed by atoms with van der Waals surface area (Å²) in [5, 5.41) is 7.68. The molecule has 0 aliphatic heterocycles. The number of carbonyl (C=O) groups is 2. The Morgan fingerprint density at radius 1 is 0.933 bits per heavy atom. The molecule has 0 aliphatic carbocycles. The molecule has 3 rings (SSSR count). The van der Waals surface area contributed by atoms with Crippen molar-refractivity contribution in [2.45, 2.75) is 38.3 Å². The molecule has 30 heavy (non-hydrogen) atoms. The van der Waals surface area contributed by atoms with E-state index in [1.165, 1.54) is 5.56 Å². The summed E-state index contributed by atoms with van der Waals surface area (Å²) in [6, 6.07) is 20.0. The van der Waals surface area contributed by atoms with Crippen LogP contribution in [-0.4, -0.2) is 11.9 Å². The van der Waals surface area contributed by atoms with Gasteiger partial charge in [0, 0.05) is 4.88 Å². The SMILES string of the molecule is CC[C@H](C)c1ccc([C@@H](N[C@H](C(=O)NC(N)=O)c2ccccc2)c2cccs2)cc1. The zero-order valence-electron chi connectivity index (χ0n) is 17.2. The Kier molecular flexibility index (Phi) is 7.38. The van der Waals surface area contributed by atoms with E-state index in [0.717, 1.165) is 22.4 Å². The van der Waals surface area contributed by atoms with E-state index < -0.39 is 18.0 Å². The van der Waals surface area contributed by atoms with E-state index in [2.05, 4.69) is 48.7 Å². The lowest BCUT2D eigenvalue weighted by molar-refractivity contribution is -0.122. The highest BCUT2D eigenvalue weighted by molar-refractivity contribution is 7.10. The lowest BCUT2D eigenvalue weighted by Crippen LogP contribution is -2.44. The first kappa shape index (κ1) is 21.7. The topological polar surface area (TPSA) is 84.2 Å². The molecule has 0 bridgehead atoms.